The maximum absolute atomic E-state index is 11.7. The number of nitrogen functional groups attached to an aromatic ring is 1. The lowest BCUT2D eigenvalue weighted by molar-refractivity contribution is -0.127. The molecule has 0 bridgehead atoms. The molecule has 3 rings (SSSR count). The van der Waals surface area contributed by atoms with Crippen molar-refractivity contribution >= 4 is 22.5 Å². The fourth-order valence-electron chi connectivity index (χ4n) is 2.39. The van der Waals surface area contributed by atoms with Crippen LogP contribution in [0, 0.1) is 0 Å². The van der Waals surface area contributed by atoms with Crippen LogP contribution in [0.5, 0.6) is 5.75 Å². The van der Waals surface area contributed by atoms with E-state index in [-0.39, 0.29) is 5.91 Å². The van der Waals surface area contributed by atoms with Crippen molar-refractivity contribution in [3.8, 4) is 5.75 Å². The number of benzene rings is 1. The van der Waals surface area contributed by atoms with Crippen LogP contribution in [0.2, 0.25) is 0 Å². The first-order chi connectivity index (χ1) is 9.69. The van der Waals surface area contributed by atoms with Crippen LogP contribution in [-0.4, -0.2) is 22.9 Å². The van der Waals surface area contributed by atoms with Gasteiger partial charge in [-0.3, -0.25) is 4.79 Å². The van der Waals surface area contributed by atoms with Crippen LogP contribution in [-0.2, 0) is 11.3 Å². The Morgan fingerprint density at radius 1 is 1.45 bits per heavy atom. The lowest BCUT2D eigenvalue weighted by Crippen LogP contribution is -2.20. The molecule has 2 aromatic rings. The standard InChI is InChI=1S/C15H15N3O2/c1-20-13-8-10-4-5-17-15(16)12(10)7-11(13)9-18-6-2-3-14(18)19/h2,4-8H,3,9H2,1H3,(H2,16,17). The second-order valence-electron chi connectivity index (χ2n) is 4.69. The van der Waals surface area contributed by atoms with Crippen molar-refractivity contribution in [2.75, 3.05) is 12.8 Å². The van der Waals surface area contributed by atoms with Crippen LogP contribution in [0.3, 0.4) is 0 Å². The number of hydrogen-bond acceptors (Lipinski definition) is 4. The molecule has 0 spiro atoms. The number of aromatic nitrogens is 1. The third-order valence-corrected chi connectivity index (χ3v) is 3.44. The number of anilines is 1. The molecular formula is C15H15N3O2. The van der Waals surface area contributed by atoms with Gasteiger partial charge in [0, 0.05) is 29.8 Å². The summed E-state index contributed by atoms with van der Waals surface area (Å²) in [6.07, 6.45) is 5.79. The first-order valence-corrected chi connectivity index (χ1v) is 6.36. The van der Waals surface area contributed by atoms with Gasteiger partial charge in [0.05, 0.1) is 13.7 Å². The van der Waals surface area contributed by atoms with Crippen molar-refractivity contribution < 1.29 is 9.53 Å². The van der Waals surface area contributed by atoms with Gasteiger partial charge in [-0.05, 0) is 23.6 Å². The van der Waals surface area contributed by atoms with Crippen LogP contribution < -0.4 is 10.5 Å². The number of hydrogen-bond donors (Lipinski definition) is 1. The van der Waals surface area contributed by atoms with Crippen LogP contribution in [0.1, 0.15) is 12.0 Å². The van der Waals surface area contributed by atoms with Crippen molar-refractivity contribution in [1.29, 1.82) is 0 Å². The van der Waals surface area contributed by atoms with Crippen molar-refractivity contribution in [3.63, 3.8) is 0 Å². The molecule has 0 unspecified atom stereocenters. The first kappa shape index (κ1) is 12.5. The Balaban J connectivity index is 2.06. The number of methoxy groups -OCH3 is 1. The van der Waals surface area contributed by atoms with Crippen molar-refractivity contribution in [2.45, 2.75) is 13.0 Å². The van der Waals surface area contributed by atoms with E-state index < -0.39 is 0 Å². The number of amides is 1. The molecule has 0 saturated carbocycles. The quantitative estimate of drug-likeness (QED) is 0.926. The highest BCUT2D eigenvalue weighted by molar-refractivity contribution is 5.92. The van der Waals surface area contributed by atoms with E-state index in [2.05, 4.69) is 4.98 Å². The molecule has 0 radical (unpaired) electrons. The number of carbonyl (C=O) groups excluding carboxylic acids is 1. The monoisotopic (exact) mass is 269 g/mol. The molecule has 1 amide bonds. The zero-order valence-electron chi connectivity index (χ0n) is 11.2. The zero-order valence-corrected chi connectivity index (χ0v) is 11.2. The van der Waals surface area contributed by atoms with Gasteiger partial charge in [0.15, 0.2) is 0 Å². The number of nitrogens with two attached hydrogens (primary N) is 1. The smallest absolute Gasteiger partial charge is 0.230 e. The molecular weight excluding hydrogens is 254 g/mol. The molecule has 5 nitrogen and oxygen atoms in total. The highest BCUT2D eigenvalue weighted by atomic mass is 16.5. The van der Waals surface area contributed by atoms with Gasteiger partial charge in [-0.1, -0.05) is 6.08 Å². The van der Waals surface area contributed by atoms with Gasteiger partial charge in [0.1, 0.15) is 11.6 Å². The maximum Gasteiger partial charge on any atom is 0.230 e. The SMILES string of the molecule is COc1cc2ccnc(N)c2cc1CN1C=CCC1=O. The Labute approximate surface area is 116 Å². The molecule has 0 fully saturated rings. The summed E-state index contributed by atoms with van der Waals surface area (Å²) in [5.74, 6) is 1.32. The molecule has 2 heterocycles. The van der Waals surface area contributed by atoms with E-state index in [0.717, 1.165) is 22.1 Å². The summed E-state index contributed by atoms with van der Waals surface area (Å²) < 4.78 is 5.42. The number of fused-ring (bicyclic) bond motifs is 1. The molecule has 2 N–H and O–H groups in total. The molecule has 102 valence electrons. The fraction of sp³-hybridized carbons (Fsp3) is 0.200. The lowest BCUT2D eigenvalue weighted by Gasteiger charge is -2.17. The minimum atomic E-state index is 0.0892. The van der Waals surface area contributed by atoms with Gasteiger partial charge in [0.2, 0.25) is 5.91 Å². The van der Waals surface area contributed by atoms with E-state index in [1.165, 1.54) is 0 Å². The highest BCUT2D eigenvalue weighted by Crippen LogP contribution is 2.29. The normalized spacial score (nSPS) is 14.2. The van der Waals surface area contributed by atoms with Crippen LogP contribution in [0.25, 0.3) is 10.8 Å². The predicted molar refractivity (Wildman–Crippen MR) is 77.0 cm³/mol. The molecule has 1 aromatic heterocycles. The predicted octanol–water partition coefficient (Wildman–Crippen LogP) is 2.07. The summed E-state index contributed by atoms with van der Waals surface area (Å²) in [6.45, 7) is 0.475. The van der Waals surface area contributed by atoms with Gasteiger partial charge < -0.3 is 15.4 Å². The largest absolute Gasteiger partial charge is 0.496 e. The maximum atomic E-state index is 11.7. The van der Waals surface area contributed by atoms with Crippen LogP contribution in [0.15, 0.2) is 36.7 Å². The molecule has 0 aliphatic carbocycles. The van der Waals surface area contributed by atoms with E-state index >= 15 is 0 Å². The van der Waals surface area contributed by atoms with Crippen LogP contribution >= 0.6 is 0 Å². The van der Waals surface area contributed by atoms with E-state index in [1.54, 1.807) is 24.4 Å². The molecule has 0 atom stereocenters. The van der Waals surface area contributed by atoms with Gasteiger partial charge in [-0.25, -0.2) is 4.98 Å². The second-order valence-corrected chi connectivity index (χ2v) is 4.69. The van der Waals surface area contributed by atoms with Gasteiger partial charge in [0.25, 0.3) is 0 Å². The molecule has 1 aliphatic rings. The van der Waals surface area contributed by atoms with E-state index in [4.69, 9.17) is 10.5 Å². The number of rotatable bonds is 3. The average Bonchev–Trinajstić information content (AvgIpc) is 2.84. The number of carbonyl (C=O) groups is 1. The molecule has 0 saturated heterocycles. The second kappa shape index (κ2) is 4.85. The lowest BCUT2D eigenvalue weighted by atomic mass is 10.1. The van der Waals surface area contributed by atoms with Gasteiger partial charge >= 0.3 is 0 Å². The Morgan fingerprint density at radius 2 is 2.30 bits per heavy atom. The summed E-state index contributed by atoms with van der Waals surface area (Å²) in [5.41, 5.74) is 6.82. The average molecular weight is 269 g/mol. The van der Waals surface area contributed by atoms with Crippen molar-refractivity contribution in [3.05, 3.63) is 42.2 Å². The number of pyridine rings is 1. The Bertz CT molecular complexity index is 710. The molecule has 5 heteroatoms. The summed E-state index contributed by atoms with van der Waals surface area (Å²) in [7, 11) is 1.62. The third kappa shape index (κ3) is 2.07. The summed E-state index contributed by atoms with van der Waals surface area (Å²) >= 11 is 0. The molecule has 1 aliphatic heterocycles. The summed E-state index contributed by atoms with van der Waals surface area (Å²) in [6, 6.07) is 5.75. The van der Waals surface area contributed by atoms with Gasteiger partial charge in [-0.2, -0.15) is 0 Å². The first-order valence-electron chi connectivity index (χ1n) is 6.36. The third-order valence-electron chi connectivity index (χ3n) is 3.44. The zero-order chi connectivity index (χ0) is 14.1. The minimum Gasteiger partial charge on any atom is -0.496 e. The van der Waals surface area contributed by atoms with Crippen molar-refractivity contribution in [1.82, 2.24) is 9.88 Å². The highest BCUT2D eigenvalue weighted by Gasteiger charge is 2.17. The Morgan fingerprint density at radius 3 is 3.00 bits per heavy atom. The topological polar surface area (TPSA) is 68.5 Å². The van der Waals surface area contributed by atoms with E-state index in [9.17, 15) is 4.79 Å². The van der Waals surface area contributed by atoms with Crippen LogP contribution in [0.4, 0.5) is 5.82 Å². The number of ether oxygens (including phenoxy) is 1. The molecule has 20 heavy (non-hydrogen) atoms. The Hall–Kier alpha value is -2.56. The fourth-order valence-corrected chi connectivity index (χ4v) is 2.39. The van der Waals surface area contributed by atoms with E-state index in [1.807, 2.05) is 24.3 Å². The Kier molecular flexibility index (Phi) is 3.02. The summed E-state index contributed by atoms with van der Waals surface area (Å²) in [5, 5.41) is 1.85. The van der Waals surface area contributed by atoms with E-state index in [0.29, 0.717) is 18.8 Å². The molecule has 1 aromatic carbocycles. The number of nitrogens with zero attached hydrogens (tertiary/aromatic N) is 2. The van der Waals surface area contributed by atoms with Crippen molar-refractivity contribution in [2.24, 2.45) is 0 Å². The van der Waals surface area contributed by atoms with Gasteiger partial charge in [-0.15, -0.1) is 0 Å². The summed E-state index contributed by atoms with van der Waals surface area (Å²) in [4.78, 5) is 17.5. The minimum absolute atomic E-state index is 0.0892.